The number of carbonyl (C=O) groups excluding carboxylic acids is 1. The number of amides is 1. The quantitative estimate of drug-likeness (QED) is 0.683. The van der Waals surface area contributed by atoms with Crippen LogP contribution in [0.25, 0.3) is 0 Å². The Kier molecular flexibility index (Phi) is 5.40. The molecule has 2 aliphatic heterocycles. The maximum absolute atomic E-state index is 12.7. The standard InChI is InChI=1S/C16H18N2O2.Ac/c1-10-5-14-15(6-11(10)2)17-8-13-7-12(3-4-19)9-18(13)16(14)20;/h5-6,8-9,13,19H,3-4,7H2,1-2H3;/t13-;/m0./s1. The summed E-state index contributed by atoms with van der Waals surface area (Å²) in [6, 6.07) is 3.88. The van der Waals surface area contributed by atoms with Crippen molar-refractivity contribution in [2.24, 2.45) is 4.99 Å². The second kappa shape index (κ2) is 6.73. The van der Waals surface area contributed by atoms with Gasteiger partial charge in [-0.1, -0.05) is 0 Å². The third kappa shape index (κ3) is 3.16. The molecule has 21 heavy (non-hydrogen) atoms. The maximum Gasteiger partial charge on any atom is 0.260 e. The summed E-state index contributed by atoms with van der Waals surface area (Å²) in [5.41, 5.74) is 4.76. The molecular weight excluding hydrogens is 479 g/mol. The SMILES string of the molecule is Cc1cc2c(cc1C)C(=O)N1C=C(CCO)C[C@H]1C=N2.[Ac]. The number of nitrogens with zero attached hydrogens (tertiary/aromatic N) is 2. The number of rotatable bonds is 2. The van der Waals surface area contributed by atoms with Crippen LogP contribution in [0.3, 0.4) is 0 Å². The summed E-state index contributed by atoms with van der Waals surface area (Å²) >= 11 is 0. The molecule has 2 aliphatic rings. The van der Waals surface area contributed by atoms with Crippen LogP contribution in [0.1, 0.15) is 34.3 Å². The molecule has 3 rings (SSSR count). The van der Waals surface area contributed by atoms with Gasteiger partial charge in [-0.15, -0.1) is 0 Å². The Morgan fingerprint density at radius 3 is 2.76 bits per heavy atom. The Morgan fingerprint density at radius 1 is 1.33 bits per heavy atom. The molecule has 0 fully saturated rings. The summed E-state index contributed by atoms with van der Waals surface area (Å²) in [4.78, 5) is 18.9. The molecule has 4 nitrogen and oxygen atoms in total. The topological polar surface area (TPSA) is 52.9 Å². The van der Waals surface area contributed by atoms with E-state index in [2.05, 4.69) is 4.99 Å². The van der Waals surface area contributed by atoms with E-state index in [0.717, 1.165) is 28.8 Å². The molecule has 1 radical (unpaired) electrons. The molecule has 1 aromatic carbocycles. The zero-order valence-electron chi connectivity index (χ0n) is 12.3. The Bertz CT molecular complexity index is 637. The van der Waals surface area contributed by atoms with Crippen molar-refractivity contribution in [3.8, 4) is 0 Å². The van der Waals surface area contributed by atoms with Gasteiger partial charge < -0.3 is 10.0 Å². The van der Waals surface area contributed by atoms with E-state index in [9.17, 15) is 4.79 Å². The summed E-state index contributed by atoms with van der Waals surface area (Å²) in [5, 5.41) is 9.03. The van der Waals surface area contributed by atoms with Gasteiger partial charge in [-0.2, -0.15) is 0 Å². The first kappa shape index (κ1) is 16.9. The third-order valence-corrected chi connectivity index (χ3v) is 4.05. The predicted molar refractivity (Wildman–Crippen MR) is 78.4 cm³/mol. The van der Waals surface area contributed by atoms with Gasteiger partial charge in [-0.3, -0.25) is 9.79 Å². The molecule has 5 heteroatoms. The van der Waals surface area contributed by atoms with Crippen LogP contribution in [0.4, 0.5) is 5.69 Å². The van der Waals surface area contributed by atoms with Gasteiger partial charge in [0.15, 0.2) is 0 Å². The van der Waals surface area contributed by atoms with Crippen LogP contribution in [-0.4, -0.2) is 34.8 Å². The van der Waals surface area contributed by atoms with Gasteiger partial charge in [0.05, 0.1) is 17.3 Å². The number of carbonyl (C=O) groups is 1. The number of aliphatic hydroxyl groups excluding tert-OH is 1. The van der Waals surface area contributed by atoms with Crippen molar-refractivity contribution < 1.29 is 54.0 Å². The number of hydrogen-bond acceptors (Lipinski definition) is 3. The first-order valence-corrected chi connectivity index (χ1v) is 6.88. The Hall–Kier alpha value is -0.498. The van der Waals surface area contributed by atoms with Gasteiger partial charge >= 0.3 is 0 Å². The molecule has 0 aliphatic carbocycles. The molecule has 0 saturated carbocycles. The average molecular weight is 497 g/mol. The van der Waals surface area contributed by atoms with Crippen molar-refractivity contribution >= 4 is 17.8 Å². The molecule has 0 bridgehead atoms. The van der Waals surface area contributed by atoms with E-state index in [1.54, 1.807) is 4.90 Å². The molecule has 1 N–H and O–H groups in total. The summed E-state index contributed by atoms with van der Waals surface area (Å²) in [5.74, 6) is -0.00135. The zero-order valence-corrected chi connectivity index (χ0v) is 17.1. The summed E-state index contributed by atoms with van der Waals surface area (Å²) < 4.78 is 0. The van der Waals surface area contributed by atoms with Crippen molar-refractivity contribution in [1.82, 2.24) is 4.90 Å². The summed E-state index contributed by atoms with van der Waals surface area (Å²) in [6.07, 6.45) is 5.11. The fraction of sp³-hybridized carbons (Fsp3) is 0.375. The van der Waals surface area contributed by atoms with E-state index in [0.29, 0.717) is 12.0 Å². The molecule has 0 unspecified atom stereocenters. The molecule has 0 saturated heterocycles. The molecule has 1 atom stereocenters. The molecule has 1 aromatic rings. The minimum Gasteiger partial charge on any atom is -0.396 e. The van der Waals surface area contributed by atoms with Crippen molar-refractivity contribution in [1.29, 1.82) is 0 Å². The number of aliphatic hydroxyl groups is 1. The largest absolute Gasteiger partial charge is 0.396 e. The van der Waals surface area contributed by atoms with Gasteiger partial charge in [0.1, 0.15) is 0 Å². The minimum absolute atomic E-state index is 0. The van der Waals surface area contributed by atoms with Crippen molar-refractivity contribution in [3.63, 3.8) is 0 Å². The van der Waals surface area contributed by atoms with E-state index >= 15 is 0 Å². The minimum atomic E-state index is -0.0166. The van der Waals surface area contributed by atoms with Crippen molar-refractivity contribution in [2.45, 2.75) is 32.7 Å². The van der Waals surface area contributed by atoms with Gasteiger partial charge in [0.25, 0.3) is 5.91 Å². The van der Waals surface area contributed by atoms with Crippen LogP contribution in [-0.2, 0) is 0 Å². The normalized spacial score (nSPS) is 19.6. The second-order valence-corrected chi connectivity index (χ2v) is 5.48. The smallest absolute Gasteiger partial charge is 0.260 e. The first-order chi connectivity index (χ1) is 9.60. The number of fused-ring (bicyclic) bond motifs is 2. The van der Waals surface area contributed by atoms with Gasteiger partial charge in [0, 0.05) is 63.1 Å². The number of aliphatic imine (C=N–C) groups is 1. The van der Waals surface area contributed by atoms with Crippen LogP contribution in [0.5, 0.6) is 0 Å². The molecule has 2 heterocycles. The number of hydrogen-bond donors (Lipinski definition) is 1. The Labute approximate surface area is 160 Å². The molecule has 107 valence electrons. The van der Waals surface area contributed by atoms with Crippen molar-refractivity contribution in [3.05, 3.63) is 40.6 Å². The van der Waals surface area contributed by atoms with Crippen LogP contribution >= 0.6 is 0 Å². The van der Waals surface area contributed by atoms with Gasteiger partial charge in [-0.05, 0) is 55.5 Å². The van der Waals surface area contributed by atoms with Crippen LogP contribution < -0.4 is 0 Å². The van der Waals surface area contributed by atoms with E-state index in [-0.39, 0.29) is 62.6 Å². The summed E-state index contributed by atoms with van der Waals surface area (Å²) in [7, 11) is 0. The molecule has 0 aromatic heterocycles. The van der Waals surface area contributed by atoms with Crippen LogP contribution in [0, 0.1) is 57.9 Å². The zero-order chi connectivity index (χ0) is 14.3. The number of aryl methyl sites for hydroxylation is 2. The molecule has 1 amide bonds. The van der Waals surface area contributed by atoms with Gasteiger partial charge in [-0.25, -0.2) is 0 Å². The van der Waals surface area contributed by atoms with E-state index in [4.69, 9.17) is 5.11 Å². The van der Waals surface area contributed by atoms with Crippen LogP contribution in [0.2, 0.25) is 0 Å². The van der Waals surface area contributed by atoms with Crippen molar-refractivity contribution in [2.75, 3.05) is 6.61 Å². The monoisotopic (exact) mass is 497 g/mol. The fourth-order valence-electron chi connectivity index (χ4n) is 2.74. The predicted octanol–water partition coefficient (Wildman–Crippen LogP) is 2.50. The average Bonchev–Trinajstić information content (AvgIpc) is 2.77. The second-order valence-electron chi connectivity index (χ2n) is 5.48. The van der Waals surface area contributed by atoms with E-state index < -0.39 is 0 Å². The van der Waals surface area contributed by atoms with Gasteiger partial charge in [0.2, 0.25) is 0 Å². The molecular formula is C16H18AcN2O2. The Balaban J connectivity index is 0.00000161. The van der Waals surface area contributed by atoms with E-state index in [1.807, 2.05) is 38.4 Å². The molecule has 0 spiro atoms. The summed E-state index contributed by atoms with van der Waals surface area (Å²) in [6.45, 7) is 4.15. The Morgan fingerprint density at radius 2 is 2.05 bits per heavy atom. The maximum atomic E-state index is 12.7. The van der Waals surface area contributed by atoms with Crippen LogP contribution in [0.15, 0.2) is 28.9 Å². The fourth-order valence-corrected chi connectivity index (χ4v) is 2.74. The number of benzene rings is 1. The van der Waals surface area contributed by atoms with E-state index in [1.165, 1.54) is 0 Å². The third-order valence-electron chi connectivity index (χ3n) is 4.05. The first-order valence-electron chi connectivity index (χ1n) is 6.88.